The summed E-state index contributed by atoms with van der Waals surface area (Å²) in [6.07, 6.45) is 0. The monoisotopic (exact) mass is 489 g/mol. The highest BCUT2D eigenvalue weighted by Gasteiger charge is 2.13. The topological polar surface area (TPSA) is 72.2 Å². The van der Waals surface area contributed by atoms with E-state index in [0.717, 1.165) is 22.4 Å². The van der Waals surface area contributed by atoms with Gasteiger partial charge in [0.25, 0.3) is 0 Å². The summed E-state index contributed by atoms with van der Waals surface area (Å²) in [6.45, 7) is 0. The van der Waals surface area contributed by atoms with Crippen molar-refractivity contribution in [2.24, 2.45) is 0 Å². The van der Waals surface area contributed by atoms with Crippen LogP contribution in [0.25, 0.3) is 28.0 Å². The predicted octanol–water partition coefficient (Wildman–Crippen LogP) is 5.98. The van der Waals surface area contributed by atoms with Crippen molar-refractivity contribution in [3.05, 3.63) is 95.8 Å². The summed E-state index contributed by atoms with van der Waals surface area (Å²) in [7, 11) is 0. The number of nitrogens with zero attached hydrogens (tertiary/aromatic N) is 4. The van der Waals surface area contributed by atoms with Crippen molar-refractivity contribution in [3.63, 3.8) is 0 Å². The van der Waals surface area contributed by atoms with Gasteiger partial charge in [0.1, 0.15) is 5.82 Å². The van der Waals surface area contributed by atoms with Gasteiger partial charge in [-0.15, -0.1) is 10.2 Å². The number of hydrogen-bond donors (Lipinski definition) is 1. The second-order valence-electron chi connectivity index (χ2n) is 7.38. The van der Waals surface area contributed by atoms with E-state index in [1.54, 1.807) is 4.52 Å². The summed E-state index contributed by atoms with van der Waals surface area (Å²) < 4.78 is 15.2. The third-order valence-electron chi connectivity index (χ3n) is 5.06. The number of benzene rings is 3. The zero-order valence-electron chi connectivity index (χ0n) is 17.7. The van der Waals surface area contributed by atoms with Crippen molar-refractivity contribution in [1.82, 2.24) is 19.8 Å². The SMILES string of the molecule is O=C(CSc1nnc2ccc(-c3ccc(-c4ccccc4)cc3)nn12)Nc1ccc(Cl)c(F)c1. The molecule has 168 valence electrons. The number of amides is 1. The lowest BCUT2D eigenvalue weighted by atomic mass is 10.0. The zero-order valence-corrected chi connectivity index (χ0v) is 19.2. The van der Waals surface area contributed by atoms with Crippen molar-refractivity contribution < 1.29 is 9.18 Å². The fourth-order valence-electron chi connectivity index (χ4n) is 3.38. The van der Waals surface area contributed by atoms with Gasteiger partial charge >= 0.3 is 0 Å². The van der Waals surface area contributed by atoms with E-state index in [1.807, 2.05) is 42.5 Å². The Bertz CT molecular complexity index is 1470. The summed E-state index contributed by atoms with van der Waals surface area (Å²) >= 11 is 6.87. The van der Waals surface area contributed by atoms with E-state index in [1.165, 1.54) is 30.0 Å². The van der Waals surface area contributed by atoms with Crippen LogP contribution in [0.3, 0.4) is 0 Å². The van der Waals surface area contributed by atoms with Gasteiger partial charge in [-0.1, -0.05) is 78.0 Å². The molecule has 0 aliphatic carbocycles. The average molecular weight is 490 g/mol. The standard InChI is InChI=1S/C25H17ClFN5OS/c26-20-11-10-19(14-21(20)27)28-24(33)15-34-25-30-29-23-13-12-22(31-32(23)25)18-8-6-17(7-9-18)16-4-2-1-3-5-16/h1-14H,15H2,(H,28,33). The molecule has 0 saturated heterocycles. The molecule has 6 nitrogen and oxygen atoms in total. The van der Waals surface area contributed by atoms with Gasteiger partial charge in [-0.05, 0) is 41.5 Å². The first-order chi connectivity index (χ1) is 16.6. The van der Waals surface area contributed by atoms with Crippen LogP contribution in [0.1, 0.15) is 0 Å². The molecule has 0 fully saturated rings. The molecule has 1 amide bonds. The van der Waals surface area contributed by atoms with E-state index < -0.39 is 5.82 Å². The first-order valence-corrected chi connectivity index (χ1v) is 11.7. The van der Waals surface area contributed by atoms with E-state index in [-0.39, 0.29) is 16.7 Å². The van der Waals surface area contributed by atoms with E-state index in [0.29, 0.717) is 16.5 Å². The molecule has 0 radical (unpaired) electrons. The number of hydrogen-bond acceptors (Lipinski definition) is 5. The lowest BCUT2D eigenvalue weighted by Crippen LogP contribution is -2.14. The Morgan fingerprint density at radius 2 is 1.65 bits per heavy atom. The maximum Gasteiger partial charge on any atom is 0.234 e. The predicted molar refractivity (Wildman–Crippen MR) is 132 cm³/mol. The van der Waals surface area contributed by atoms with Crippen molar-refractivity contribution >= 4 is 40.6 Å². The molecule has 34 heavy (non-hydrogen) atoms. The average Bonchev–Trinajstić information content (AvgIpc) is 3.28. The van der Waals surface area contributed by atoms with Gasteiger partial charge in [0.05, 0.1) is 16.5 Å². The van der Waals surface area contributed by atoms with Crippen LogP contribution < -0.4 is 5.32 Å². The van der Waals surface area contributed by atoms with E-state index in [4.69, 9.17) is 11.6 Å². The Labute approximate surface area is 203 Å². The van der Waals surface area contributed by atoms with Crippen LogP contribution in [0.5, 0.6) is 0 Å². The molecule has 3 aromatic carbocycles. The second kappa shape index (κ2) is 9.62. The van der Waals surface area contributed by atoms with E-state index in [2.05, 4.69) is 44.9 Å². The van der Waals surface area contributed by atoms with Crippen molar-refractivity contribution in [2.75, 3.05) is 11.1 Å². The fraction of sp³-hybridized carbons (Fsp3) is 0.0400. The molecule has 5 rings (SSSR count). The molecule has 0 spiro atoms. The summed E-state index contributed by atoms with van der Waals surface area (Å²) in [5, 5.41) is 16.1. The van der Waals surface area contributed by atoms with Crippen LogP contribution in [-0.2, 0) is 4.79 Å². The van der Waals surface area contributed by atoms with Crippen LogP contribution in [0.4, 0.5) is 10.1 Å². The molecule has 1 N–H and O–H groups in total. The minimum Gasteiger partial charge on any atom is -0.325 e. The summed E-state index contributed by atoms with van der Waals surface area (Å²) in [5.74, 6) is -0.844. The molecule has 0 saturated carbocycles. The fourth-order valence-corrected chi connectivity index (χ4v) is 4.18. The van der Waals surface area contributed by atoms with Crippen molar-refractivity contribution in [1.29, 1.82) is 0 Å². The van der Waals surface area contributed by atoms with Crippen LogP contribution in [-0.4, -0.2) is 31.5 Å². The zero-order chi connectivity index (χ0) is 23.5. The molecule has 0 aliphatic heterocycles. The van der Waals surface area contributed by atoms with Crippen LogP contribution in [0, 0.1) is 5.82 Å². The minimum atomic E-state index is -0.593. The molecule has 0 bridgehead atoms. The molecule has 0 unspecified atom stereocenters. The first kappa shape index (κ1) is 22.1. The molecule has 5 aromatic rings. The highest BCUT2D eigenvalue weighted by Crippen LogP contribution is 2.25. The summed E-state index contributed by atoms with van der Waals surface area (Å²) in [4.78, 5) is 12.3. The quantitative estimate of drug-likeness (QED) is 0.297. The normalized spacial score (nSPS) is 11.0. The smallest absolute Gasteiger partial charge is 0.234 e. The number of thioether (sulfide) groups is 1. The molecule has 0 atom stereocenters. The number of nitrogens with one attached hydrogen (secondary N) is 1. The Morgan fingerprint density at radius 1 is 0.912 bits per heavy atom. The Kier molecular flexibility index (Phi) is 6.24. The van der Waals surface area contributed by atoms with Gasteiger partial charge in [0.15, 0.2) is 5.65 Å². The Balaban J connectivity index is 1.31. The molecule has 9 heteroatoms. The number of halogens is 2. The highest BCUT2D eigenvalue weighted by atomic mass is 35.5. The third-order valence-corrected chi connectivity index (χ3v) is 6.28. The Morgan fingerprint density at radius 3 is 2.41 bits per heavy atom. The number of rotatable bonds is 6. The maximum absolute atomic E-state index is 13.6. The molecular formula is C25H17ClFN5OS. The van der Waals surface area contributed by atoms with Crippen LogP contribution >= 0.6 is 23.4 Å². The van der Waals surface area contributed by atoms with Gasteiger partial charge in [0, 0.05) is 11.3 Å². The first-order valence-electron chi connectivity index (χ1n) is 10.3. The third kappa shape index (κ3) is 4.78. The van der Waals surface area contributed by atoms with Gasteiger partial charge in [-0.25, -0.2) is 4.39 Å². The lowest BCUT2D eigenvalue weighted by molar-refractivity contribution is -0.113. The number of carbonyl (C=O) groups is 1. The molecular weight excluding hydrogens is 473 g/mol. The van der Waals surface area contributed by atoms with Gasteiger partial charge in [-0.3, -0.25) is 4.79 Å². The second-order valence-corrected chi connectivity index (χ2v) is 8.73. The van der Waals surface area contributed by atoms with Gasteiger partial charge in [-0.2, -0.15) is 9.61 Å². The molecule has 2 heterocycles. The lowest BCUT2D eigenvalue weighted by Gasteiger charge is -2.06. The molecule has 0 aliphatic rings. The highest BCUT2D eigenvalue weighted by molar-refractivity contribution is 7.99. The minimum absolute atomic E-state index is 0.00103. The maximum atomic E-state index is 13.6. The number of aromatic nitrogens is 4. The number of carbonyl (C=O) groups excluding carboxylic acids is 1. The van der Waals surface area contributed by atoms with Crippen LogP contribution in [0.15, 0.2) is 90.1 Å². The van der Waals surface area contributed by atoms with Gasteiger partial charge in [0.2, 0.25) is 11.1 Å². The van der Waals surface area contributed by atoms with E-state index in [9.17, 15) is 9.18 Å². The van der Waals surface area contributed by atoms with E-state index >= 15 is 0 Å². The summed E-state index contributed by atoms with van der Waals surface area (Å²) in [6, 6.07) is 26.1. The number of anilines is 1. The van der Waals surface area contributed by atoms with Crippen molar-refractivity contribution in [3.8, 4) is 22.4 Å². The largest absolute Gasteiger partial charge is 0.325 e. The summed E-state index contributed by atoms with van der Waals surface area (Å²) in [5.41, 5.74) is 4.89. The van der Waals surface area contributed by atoms with Crippen LogP contribution in [0.2, 0.25) is 5.02 Å². The van der Waals surface area contributed by atoms with Crippen molar-refractivity contribution in [2.45, 2.75) is 5.16 Å². The van der Waals surface area contributed by atoms with Gasteiger partial charge < -0.3 is 5.32 Å². The number of fused-ring (bicyclic) bond motifs is 1. The Hall–Kier alpha value is -3.75. The molecule has 2 aromatic heterocycles.